The number of para-hydroxylation sites is 1. The van der Waals surface area contributed by atoms with Crippen LogP contribution in [0.25, 0.3) is 0 Å². The molecule has 130 valence electrons. The maximum atomic E-state index is 12.4. The van der Waals surface area contributed by atoms with Gasteiger partial charge in [-0.3, -0.25) is 4.90 Å². The van der Waals surface area contributed by atoms with Crippen molar-refractivity contribution in [2.75, 3.05) is 31.5 Å². The van der Waals surface area contributed by atoms with Crippen LogP contribution in [0, 0.1) is 11.8 Å². The third kappa shape index (κ3) is 3.80. The van der Waals surface area contributed by atoms with Crippen molar-refractivity contribution in [1.82, 2.24) is 9.80 Å². The van der Waals surface area contributed by atoms with Crippen LogP contribution in [0.2, 0.25) is 5.02 Å². The number of anilines is 1. The van der Waals surface area contributed by atoms with Crippen molar-refractivity contribution in [3.63, 3.8) is 0 Å². The van der Waals surface area contributed by atoms with Crippen LogP contribution in [0.5, 0.6) is 0 Å². The third-order valence-electron chi connectivity index (χ3n) is 5.17. The fraction of sp³-hybridized carbons (Fsp3) is 0.350. The number of halogens is 1. The molecule has 2 fully saturated rings. The second kappa shape index (κ2) is 7.06. The van der Waals surface area contributed by atoms with Crippen LogP contribution < -0.4 is 5.32 Å². The number of benzene rings is 2. The lowest BCUT2D eigenvalue weighted by atomic mass is 10.0. The molecule has 25 heavy (non-hydrogen) atoms. The van der Waals surface area contributed by atoms with Gasteiger partial charge >= 0.3 is 6.03 Å². The molecule has 2 saturated heterocycles. The fourth-order valence-corrected chi connectivity index (χ4v) is 4.22. The first-order valence-corrected chi connectivity index (χ1v) is 9.13. The minimum atomic E-state index is 0.0157. The minimum Gasteiger partial charge on any atom is -0.324 e. The Kier molecular flexibility index (Phi) is 4.64. The molecule has 2 aliphatic heterocycles. The van der Waals surface area contributed by atoms with Crippen molar-refractivity contribution >= 4 is 23.3 Å². The van der Waals surface area contributed by atoms with E-state index >= 15 is 0 Å². The average Bonchev–Trinajstić information content (AvgIpc) is 3.14. The van der Waals surface area contributed by atoms with Crippen LogP contribution in [0.15, 0.2) is 54.6 Å². The molecule has 5 heteroatoms. The smallest absolute Gasteiger partial charge is 0.321 e. The van der Waals surface area contributed by atoms with Crippen molar-refractivity contribution in [3.8, 4) is 0 Å². The van der Waals surface area contributed by atoms with E-state index in [1.54, 1.807) is 0 Å². The number of urea groups is 1. The molecule has 1 N–H and O–H groups in total. The van der Waals surface area contributed by atoms with E-state index in [-0.39, 0.29) is 6.03 Å². The molecule has 2 atom stereocenters. The molecule has 0 aromatic heterocycles. The monoisotopic (exact) mass is 355 g/mol. The van der Waals surface area contributed by atoms with Gasteiger partial charge < -0.3 is 10.2 Å². The molecule has 0 bridgehead atoms. The highest BCUT2D eigenvalue weighted by Crippen LogP contribution is 2.32. The topological polar surface area (TPSA) is 35.6 Å². The van der Waals surface area contributed by atoms with Crippen LogP contribution in [-0.4, -0.2) is 42.0 Å². The summed E-state index contributed by atoms with van der Waals surface area (Å²) in [6, 6.07) is 17.7. The zero-order valence-corrected chi connectivity index (χ0v) is 14.8. The summed E-state index contributed by atoms with van der Waals surface area (Å²) >= 11 is 6.08. The first-order valence-electron chi connectivity index (χ1n) is 8.75. The molecule has 2 aromatic carbocycles. The Morgan fingerprint density at radius 1 is 1.00 bits per heavy atom. The van der Waals surface area contributed by atoms with E-state index in [2.05, 4.69) is 16.3 Å². The summed E-state index contributed by atoms with van der Waals surface area (Å²) in [5.41, 5.74) is 2.11. The average molecular weight is 356 g/mol. The second-order valence-corrected chi connectivity index (χ2v) is 7.48. The number of likely N-dealkylation sites (tertiary alicyclic amines) is 2. The van der Waals surface area contributed by atoms with E-state index in [9.17, 15) is 4.79 Å². The Morgan fingerprint density at radius 2 is 1.72 bits per heavy atom. The number of nitrogens with one attached hydrogen (secondary N) is 1. The van der Waals surface area contributed by atoms with Crippen molar-refractivity contribution in [3.05, 3.63) is 65.2 Å². The van der Waals surface area contributed by atoms with Crippen LogP contribution in [-0.2, 0) is 6.54 Å². The summed E-state index contributed by atoms with van der Waals surface area (Å²) in [7, 11) is 0. The highest BCUT2D eigenvalue weighted by molar-refractivity contribution is 6.30. The van der Waals surface area contributed by atoms with Crippen LogP contribution in [0.1, 0.15) is 5.56 Å². The van der Waals surface area contributed by atoms with E-state index < -0.39 is 0 Å². The first kappa shape index (κ1) is 16.4. The summed E-state index contributed by atoms with van der Waals surface area (Å²) in [4.78, 5) is 16.9. The highest BCUT2D eigenvalue weighted by Gasteiger charge is 2.41. The van der Waals surface area contributed by atoms with Gasteiger partial charge in [0.25, 0.3) is 0 Å². The predicted octanol–water partition coefficient (Wildman–Crippen LogP) is 3.94. The number of hydrogen-bond donors (Lipinski definition) is 1. The predicted molar refractivity (Wildman–Crippen MR) is 101 cm³/mol. The normalized spacial score (nSPS) is 22.8. The highest BCUT2D eigenvalue weighted by atomic mass is 35.5. The van der Waals surface area contributed by atoms with E-state index in [4.69, 9.17) is 11.6 Å². The van der Waals surface area contributed by atoms with Crippen molar-refractivity contribution in [2.45, 2.75) is 6.54 Å². The van der Waals surface area contributed by atoms with Gasteiger partial charge in [0, 0.05) is 43.4 Å². The standard InChI is InChI=1S/C20H22ClN3O/c21-18-6-4-5-15(9-18)10-23-11-16-13-24(14-17(16)12-23)20(25)22-19-7-2-1-3-8-19/h1-9,16-17H,10-14H2,(H,22,25). The number of carbonyl (C=O) groups excluding carboxylic acids is 1. The molecule has 2 unspecified atom stereocenters. The molecule has 4 rings (SSSR count). The van der Waals surface area contributed by atoms with Crippen LogP contribution in [0.4, 0.5) is 10.5 Å². The van der Waals surface area contributed by atoms with Gasteiger partial charge in [0.2, 0.25) is 0 Å². The lowest BCUT2D eigenvalue weighted by Crippen LogP contribution is -2.36. The summed E-state index contributed by atoms with van der Waals surface area (Å²) in [6.45, 7) is 4.72. The van der Waals surface area contributed by atoms with Gasteiger partial charge in [0.15, 0.2) is 0 Å². The van der Waals surface area contributed by atoms with Crippen LogP contribution in [0.3, 0.4) is 0 Å². The molecular formula is C20H22ClN3O. The lowest BCUT2D eigenvalue weighted by Gasteiger charge is -2.22. The van der Waals surface area contributed by atoms with Gasteiger partial charge in [0.05, 0.1) is 0 Å². The summed E-state index contributed by atoms with van der Waals surface area (Å²) in [6.07, 6.45) is 0. The first-order chi connectivity index (χ1) is 12.2. The SMILES string of the molecule is O=C(Nc1ccccc1)N1CC2CN(Cc3cccc(Cl)c3)CC2C1. The van der Waals surface area contributed by atoms with Gasteiger partial charge in [-0.05, 0) is 41.7 Å². The zero-order chi connectivity index (χ0) is 17.2. The molecule has 0 aliphatic carbocycles. The van der Waals surface area contributed by atoms with Gasteiger partial charge in [-0.15, -0.1) is 0 Å². The van der Waals surface area contributed by atoms with E-state index in [0.29, 0.717) is 11.8 Å². The number of carbonyl (C=O) groups is 1. The van der Waals surface area contributed by atoms with Crippen LogP contribution >= 0.6 is 11.6 Å². The molecule has 2 aromatic rings. The Bertz CT molecular complexity index is 738. The van der Waals surface area contributed by atoms with E-state index in [1.165, 1.54) is 5.56 Å². The number of nitrogens with zero attached hydrogens (tertiary/aromatic N) is 2. The van der Waals surface area contributed by atoms with Crippen molar-refractivity contribution in [2.24, 2.45) is 11.8 Å². The number of fused-ring (bicyclic) bond motifs is 1. The van der Waals surface area contributed by atoms with E-state index in [1.807, 2.05) is 53.4 Å². The van der Waals surface area contributed by atoms with Gasteiger partial charge in [-0.25, -0.2) is 4.79 Å². The molecule has 2 aliphatic rings. The van der Waals surface area contributed by atoms with Crippen molar-refractivity contribution in [1.29, 1.82) is 0 Å². The number of rotatable bonds is 3. The van der Waals surface area contributed by atoms with E-state index in [0.717, 1.165) is 43.4 Å². The van der Waals surface area contributed by atoms with Gasteiger partial charge in [-0.2, -0.15) is 0 Å². The maximum Gasteiger partial charge on any atom is 0.321 e. The number of hydrogen-bond acceptors (Lipinski definition) is 2. The Labute approximate surface area is 153 Å². The second-order valence-electron chi connectivity index (χ2n) is 7.05. The Balaban J connectivity index is 1.31. The molecule has 0 spiro atoms. The molecular weight excluding hydrogens is 334 g/mol. The molecule has 4 nitrogen and oxygen atoms in total. The molecule has 2 amide bonds. The van der Waals surface area contributed by atoms with Gasteiger partial charge in [0.1, 0.15) is 0 Å². The maximum absolute atomic E-state index is 12.4. The molecule has 0 saturated carbocycles. The lowest BCUT2D eigenvalue weighted by molar-refractivity contribution is 0.212. The van der Waals surface area contributed by atoms with Gasteiger partial charge in [-0.1, -0.05) is 41.9 Å². The summed E-state index contributed by atoms with van der Waals surface area (Å²) < 4.78 is 0. The minimum absolute atomic E-state index is 0.0157. The zero-order valence-electron chi connectivity index (χ0n) is 14.1. The third-order valence-corrected chi connectivity index (χ3v) is 5.40. The molecule has 0 radical (unpaired) electrons. The summed E-state index contributed by atoms with van der Waals surface area (Å²) in [5.74, 6) is 1.14. The summed E-state index contributed by atoms with van der Waals surface area (Å²) in [5, 5.41) is 3.78. The molecule has 2 heterocycles. The van der Waals surface area contributed by atoms with Crippen molar-refractivity contribution < 1.29 is 4.79 Å². The quantitative estimate of drug-likeness (QED) is 0.905. The Hall–Kier alpha value is -2.04. The number of amides is 2. The largest absolute Gasteiger partial charge is 0.324 e. The fourth-order valence-electron chi connectivity index (χ4n) is 4.00. The Morgan fingerprint density at radius 3 is 2.40 bits per heavy atom.